The average molecular weight is 653 g/mol. The van der Waals surface area contributed by atoms with Gasteiger partial charge in [-0.05, 0) is 61.8 Å². The van der Waals surface area contributed by atoms with Crippen LogP contribution >= 0.6 is 11.6 Å². The number of benzene rings is 2. The summed E-state index contributed by atoms with van der Waals surface area (Å²) < 4.78 is 25.7. The predicted octanol–water partition coefficient (Wildman–Crippen LogP) is 6.66. The van der Waals surface area contributed by atoms with Gasteiger partial charge in [-0.15, -0.1) is 10.2 Å². The molecular formula is C35H45ClN4O6. The highest BCUT2D eigenvalue weighted by Gasteiger charge is 2.37. The van der Waals surface area contributed by atoms with Crippen molar-refractivity contribution in [1.29, 1.82) is 0 Å². The number of hydrogen-bond acceptors (Lipinski definition) is 8. The van der Waals surface area contributed by atoms with E-state index in [0.717, 1.165) is 35.5 Å². The number of carbonyl (C=O) groups excluding carboxylic acids is 2. The van der Waals surface area contributed by atoms with Crippen molar-refractivity contribution in [3.05, 3.63) is 64.2 Å². The number of ether oxygens (including phenoxy) is 4. The first kappa shape index (κ1) is 33.7. The van der Waals surface area contributed by atoms with E-state index in [1.165, 1.54) is 0 Å². The standard InChI is InChI=1S/C35H45ClN4O6/c1-7-45-31(42)19-22-15-17-39(18-16-22)30(41)14-13-28-34-38-37-29(21-35(2,3)4)40(34)26-12-11-23(36)20-25(26)32(46-28)24-9-8-10-27(43-5)33(24)44-6/h8-12,20,22,28,32H,7,13-19,21H2,1-6H3/t28-,32-/m0/s1. The van der Waals surface area contributed by atoms with Crippen LogP contribution in [0, 0.1) is 11.3 Å². The van der Waals surface area contributed by atoms with Gasteiger partial charge < -0.3 is 23.8 Å². The molecule has 0 unspecified atom stereocenters. The lowest BCUT2D eigenvalue weighted by atomic mass is 9.91. The van der Waals surface area contributed by atoms with Crippen LogP contribution in [0.15, 0.2) is 36.4 Å². The number of hydrogen-bond donors (Lipinski definition) is 0. The molecule has 0 saturated carbocycles. The number of methoxy groups -OCH3 is 2. The van der Waals surface area contributed by atoms with Crippen LogP contribution in [0.25, 0.3) is 5.69 Å². The largest absolute Gasteiger partial charge is 0.493 e. The molecule has 2 aliphatic rings. The van der Waals surface area contributed by atoms with Crippen molar-refractivity contribution in [2.24, 2.45) is 11.3 Å². The van der Waals surface area contributed by atoms with Gasteiger partial charge in [0.25, 0.3) is 0 Å². The third kappa shape index (κ3) is 7.50. The predicted molar refractivity (Wildman–Crippen MR) is 175 cm³/mol. The summed E-state index contributed by atoms with van der Waals surface area (Å²) in [5, 5.41) is 9.89. The van der Waals surface area contributed by atoms with E-state index in [2.05, 4.69) is 35.5 Å². The summed E-state index contributed by atoms with van der Waals surface area (Å²) in [6.45, 7) is 9.94. The molecule has 1 amide bonds. The minimum absolute atomic E-state index is 0.0518. The van der Waals surface area contributed by atoms with E-state index in [1.54, 1.807) is 14.2 Å². The quantitative estimate of drug-likeness (QED) is 0.224. The van der Waals surface area contributed by atoms with Crippen molar-refractivity contribution in [1.82, 2.24) is 19.7 Å². The fourth-order valence-electron chi connectivity index (χ4n) is 6.44. The molecule has 2 aliphatic heterocycles. The van der Waals surface area contributed by atoms with Gasteiger partial charge in [0.2, 0.25) is 5.91 Å². The zero-order chi connectivity index (χ0) is 33.0. The topological polar surface area (TPSA) is 105 Å². The van der Waals surface area contributed by atoms with Gasteiger partial charge in [-0.3, -0.25) is 14.2 Å². The Labute approximate surface area is 276 Å². The highest BCUT2D eigenvalue weighted by molar-refractivity contribution is 6.30. The van der Waals surface area contributed by atoms with Gasteiger partial charge in [-0.2, -0.15) is 0 Å². The SMILES string of the molecule is CCOC(=O)CC1CCN(C(=O)CC[C@@H]2O[C@@H](c3cccc(OC)c3OC)c3cc(Cl)ccc3-n3c(CC(C)(C)C)nnc32)CC1. The molecule has 0 N–H and O–H groups in total. The molecule has 0 spiro atoms. The number of amides is 1. The number of halogens is 1. The summed E-state index contributed by atoms with van der Waals surface area (Å²) in [6, 6.07) is 11.5. The van der Waals surface area contributed by atoms with Gasteiger partial charge in [0.05, 0.1) is 26.5 Å². The molecule has 0 bridgehead atoms. The number of aromatic nitrogens is 3. The van der Waals surface area contributed by atoms with Crippen molar-refractivity contribution in [2.45, 2.75) is 78.4 Å². The van der Waals surface area contributed by atoms with Crippen molar-refractivity contribution < 1.29 is 28.5 Å². The Balaban J connectivity index is 1.47. The molecule has 5 rings (SSSR count). The van der Waals surface area contributed by atoms with Crippen molar-refractivity contribution in [3.8, 4) is 17.2 Å². The van der Waals surface area contributed by atoms with Crippen molar-refractivity contribution >= 4 is 23.5 Å². The molecule has 2 atom stereocenters. The van der Waals surface area contributed by atoms with E-state index >= 15 is 0 Å². The van der Waals surface area contributed by atoms with Crippen molar-refractivity contribution in [3.63, 3.8) is 0 Å². The van der Waals surface area contributed by atoms with Gasteiger partial charge in [0.15, 0.2) is 17.3 Å². The number of piperidine rings is 1. The summed E-state index contributed by atoms with van der Waals surface area (Å²) in [5.74, 6) is 2.73. The number of fused-ring (bicyclic) bond motifs is 3. The molecule has 0 radical (unpaired) electrons. The van der Waals surface area contributed by atoms with E-state index in [4.69, 9.17) is 30.5 Å². The minimum Gasteiger partial charge on any atom is -0.493 e. The number of carbonyl (C=O) groups is 2. The highest BCUT2D eigenvalue weighted by atomic mass is 35.5. The molecule has 1 fully saturated rings. The fraction of sp³-hybridized carbons (Fsp3) is 0.543. The van der Waals surface area contributed by atoms with Crippen molar-refractivity contribution in [2.75, 3.05) is 33.9 Å². The zero-order valence-corrected chi connectivity index (χ0v) is 28.4. The Morgan fingerprint density at radius 2 is 1.80 bits per heavy atom. The lowest BCUT2D eigenvalue weighted by molar-refractivity contribution is -0.144. The molecule has 2 aromatic carbocycles. The molecular weight excluding hydrogens is 608 g/mol. The van der Waals surface area contributed by atoms with Crippen LogP contribution in [0.4, 0.5) is 0 Å². The number of nitrogens with zero attached hydrogens (tertiary/aromatic N) is 4. The summed E-state index contributed by atoms with van der Waals surface area (Å²) in [6.07, 6.45) is 2.17. The normalized spacial score (nSPS) is 18.4. The second kappa shape index (κ2) is 14.4. The van der Waals surface area contributed by atoms with E-state index in [9.17, 15) is 9.59 Å². The van der Waals surface area contributed by atoms with E-state index < -0.39 is 12.2 Å². The third-order valence-electron chi connectivity index (χ3n) is 8.61. The smallest absolute Gasteiger partial charge is 0.306 e. The van der Waals surface area contributed by atoms with Crippen LogP contribution < -0.4 is 9.47 Å². The van der Waals surface area contributed by atoms with E-state index in [1.807, 2.05) is 48.2 Å². The number of esters is 1. The number of likely N-dealkylation sites (tertiary alicyclic amines) is 1. The Bertz CT molecular complexity index is 1540. The lowest BCUT2D eigenvalue weighted by Crippen LogP contribution is -2.39. The first-order chi connectivity index (χ1) is 22.0. The average Bonchev–Trinajstić information content (AvgIpc) is 3.36. The first-order valence-electron chi connectivity index (χ1n) is 16.1. The summed E-state index contributed by atoms with van der Waals surface area (Å²) in [5.41, 5.74) is 2.44. The van der Waals surface area contributed by atoms with E-state index in [-0.39, 0.29) is 29.6 Å². The highest BCUT2D eigenvalue weighted by Crippen LogP contribution is 2.47. The van der Waals surface area contributed by atoms with Crippen LogP contribution in [0.5, 0.6) is 11.5 Å². The molecule has 1 saturated heterocycles. The molecule has 1 aromatic heterocycles. The molecule has 248 valence electrons. The first-order valence-corrected chi connectivity index (χ1v) is 16.4. The second-order valence-electron chi connectivity index (χ2n) is 13.2. The Morgan fingerprint density at radius 1 is 1.04 bits per heavy atom. The van der Waals surface area contributed by atoms with Gasteiger partial charge in [-0.1, -0.05) is 44.5 Å². The van der Waals surface area contributed by atoms with Crippen LogP contribution in [0.2, 0.25) is 5.02 Å². The molecule has 0 aliphatic carbocycles. The molecule has 11 heteroatoms. The monoisotopic (exact) mass is 652 g/mol. The summed E-state index contributed by atoms with van der Waals surface area (Å²) >= 11 is 6.61. The zero-order valence-electron chi connectivity index (χ0n) is 27.7. The summed E-state index contributed by atoms with van der Waals surface area (Å²) in [7, 11) is 3.22. The maximum absolute atomic E-state index is 13.5. The van der Waals surface area contributed by atoms with Gasteiger partial charge in [-0.25, -0.2) is 0 Å². The Kier molecular flexibility index (Phi) is 10.6. The lowest BCUT2D eigenvalue weighted by Gasteiger charge is -2.32. The minimum atomic E-state index is -0.596. The second-order valence-corrected chi connectivity index (χ2v) is 13.6. The fourth-order valence-corrected chi connectivity index (χ4v) is 6.62. The number of para-hydroxylation sites is 1. The van der Waals surface area contributed by atoms with Crippen LogP contribution in [-0.2, 0) is 25.5 Å². The maximum atomic E-state index is 13.5. The van der Waals surface area contributed by atoms with Gasteiger partial charge in [0.1, 0.15) is 18.0 Å². The Morgan fingerprint density at radius 3 is 2.48 bits per heavy atom. The van der Waals surface area contributed by atoms with Gasteiger partial charge in [0, 0.05) is 48.5 Å². The van der Waals surface area contributed by atoms with Crippen LogP contribution in [0.3, 0.4) is 0 Å². The molecule has 3 heterocycles. The van der Waals surface area contributed by atoms with Gasteiger partial charge >= 0.3 is 5.97 Å². The number of rotatable bonds is 10. The third-order valence-corrected chi connectivity index (χ3v) is 8.84. The van der Waals surface area contributed by atoms with E-state index in [0.29, 0.717) is 61.3 Å². The summed E-state index contributed by atoms with van der Waals surface area (Å²) in [4.78, 5) is 27.4. The van der Waals surface area contributed by atoms with Crippen LogP contribution in [0.1, 0.15) is 94.8 Å². The molecule has 46 heavy (non-hydrogen) atoms. The molecule has 10 nitrogen and oxygen atoms in total. The Hall–Kier alpha value is -3.63. The van der Waals surface area contributed by atoms with Crippen LogP contribution in [-0.4, -0.2) is 65.5 Å². The maximum Gasteiger partial charge on any atom is 0.306 e. The molecule has 3 aromatic rings.